The van der Waals surface area contributed by atoms with Crippen molar-refractivity contribution in [2.45, 2.75) is 58.7 Å². The zero-order valence-electron chi connectivity index (χ0n) is 13.0. The molecule has 1 fully saturated rings. The lowest BCUT2D eigenvalue weighted by Crippen LogP contribution is -2.45. The second-order valence-electron chi connectivity index (χ2n) is 6.25. The number of rotatable bonds is 5. The van der Waals surface area contributed by atoms with Crippen molar-refractivity contribution in [2.75, 3.05) is 13.1 Å². The molecule has 0 spiro atoms. The molecule has 2 nitrogen and oxygen atoms in total. The number of aryl methyl sites for hydroxylation is 1. The summed E-state index contributed by atoms with van der Waals surface area (Å²) >= 11 is 3.58. The highest BCUT2D eigenvalue weighted by Crippen LogP contribution is 2.19. The average molecular weight is 339 g/mol. The minimum absolute atomic E-state index is 0.586. The van der Waals surface area contributed by atoms with Crippen LogP contribution in [0.4, 0.5) is 0 Å². The van der Waals surface area contributed by atoms with Crippen LogP contribution in [0, 0.1) is 6.92 Å². The van der Waals surface area contributed by atoms with Crippen molar-refractivity contribution in [2.24, 2.45) is 0 Å². The summed E-state index contributed by atoms with van der Waals surface area (Å²) in [5.74, 6) is 0. The highest BCUT2D eigenvalue weighted by atomic mass is 79.9. The van der Waals surface area contributed by atoms with Gasteiger partial charge >= 0.3 is 0 Å². The first-order chi connectivity index (χ1) is 9.56. The van der Waals surface area contributed by atoms with E-state index in [0.29, 0.717) is 12.1 Å². The molecule has 0 aliphatic carbocycles. The summed E-state index contributed by atoms with van der Waals surface area (Å²) in [5.41, 5.74) is 2.73. The number of halogens is 1. The molecule has 1 aliphatic heterocycles. The molecule has 1 aromatic rings. The summed E-state index contributed by atoms with van der Waals surface area (Å²) in [5, 5.41) is 3.66. The van der Waals surface area contributed by atoms with Crippen molar-refractivity contribution in [3.8, 4) is 0 Å². The van der Waals surface area contributed by atoms with Crippen LogP contribution in [0.15, 0.2) is 22.7 Å². The molecule has 20 heavy (non-hydrogen) atoms. The van der Waals surface area contributed by atoms with Crippen LogP contribution in [0.5, 0.6) is 0 Å². The Bertz CT molecular complexity index is 425. The Labute approximate surface area is 132 Å². The highest BCUT2D eigenvalue weighted by molar-refractivity contribution is 9.10. The molecule has 1 saturated heterocycles. The standard InChI is InChI=1S/C17H27BrN2/c1-13(2)20(12-16-6-4-5-9-19-16)11-15-7-8-17(18)14(3)10-15/h7-8,10,13,16,19H,4-6,9,11-12H2,1-3H3. The molecule has 0 saturated carbocycles. The van der Waals surface area contributed by atoms with Gasteiger partial charge in [0, 0.05) is 29.6 Å². The maximum atomic E-state index is 3.66. The van der Waals surface area contributed by atoms with Crippen LogP contribution in [0.25, 0.3) is 0 Å². The van der Waals surface area contributed by atoms with E-state index in [0.717, 1.165) is 13.1 Å². The number of hydrogen-bond acceptors (Lipinski definition) is 2. The fourth-order valence-corrected chi connectivity index (χ4v) is 3.11. The normalized spacial score (nSPS) is 19.8. The molecule has 1 unspecified atom stereocenters. The van der Waals surface area contributed by atoms with Crippen molar-refractivity contribution in [3.63, 3.8) is 0 Å². The molecule has 1 atom stereocenters. The third-order valence-electron chi connectivity index (χ3n) is 4.21. The minimum Gasteiger partial charge on any atom is -0.313 e. The van der Waals surface area contributed by atoms with E-state index < -0.39 is 0 Å². The Morgan fingerprint density at radius 3 is 2.75 bits per heavy atom. The van der Waals surface area contributed by atoms with E-state index in [9.17, 15) is 0 Å². The van der Waals surface area contributed by atoms with Crippen LogP contribution in [0.3, 0.4) is 0 Å². The minimum atomic E-state index is 0.586. The maximum Gasteiger partial charge on any atom is 0.0237 e. The molecule has 3 heteroatoms. The first-order valence-corrected chi connectivity index (χ1v) is 8.58. The first-order valence-electron chi connectivity index (χ1n) is 7.78. The van der Waals surface area contributed by atoms with E-state index in [1.165, 1.54) is 41.4 Å². The van der Waals surface area contributed by atoms with E-state index in [4.69, 9.17) is 0 Å². The van der Waals surface area contributed by atoms with Crippen LogP contribution in [0.1, 0.15) is 44.2 Å². The lowest BCUT2D eigenvalue weighted by atomic mass is 10.0. The molecular formula is C17H27BrN2. The first kappa shape index (κ1) is 16.0. The predicted octanol–water partition coefficient (Wildman–Crippen LogP) is 4.11. The van der Waals surface area contributed by atoms with Gasteiger partial charge < -0.3 is 5.32 Å². The molecular weight excluding hydrogens is 312 g/mol. The number of hydrogen-bond donors (Lipinski definition) is 1. The third kappa shape index (κ3) is 4.57. The van der Waals surface area contributed by atoms with Crippen molar-refractivity contribution in [1.82, 2.24) is 10.2 Å². The third-order valence-corrected chi connectivity index (χ3v) is 5.10. The molecule has 0 bridgehead atoms. The molecule has 1 aromatic carbocycles. The van der Waals surface area contributed by atoms with E-state index >= 15 is 0 Å². The summed E-state index contributed by atoms with van der Waals surface area (Å²) in [7, 11) is 0. The zero-order chi connectivity index (χ0) is 14.5. The van der Waals surface area contributed by atoms with Crippen molar-refractivity contribution in [3.05, 3.63) is 33.8 Å². The summed E-state index contributed by atoms with van der Waals surface area (Å²) in [4.78, 5) is 2.59. The van der Waals surface area contributed by atoms with Gasteiger partial charge in [-0.25, -0.2) is 0 Å². The Morgan fingerprint density at radius 2 is 2.15 bits per heavy atom. The predicted molar refractivity (Wildman–Crippen MR) is 90.1 cm³/mol. The van der Waals surface area contributed by atoms with Gasteiger partial charge in [0.05, 0.1) is 0 Å². The molecule has 1 aliphatic rings. The smallest absolute Gasteiger partial charge is 0.0237 e. The van der Waals surface area contributed by atoms with Crippen LogP contribution in [-0.2, 0) is 6.54 Å². The van der Waals surface area contributed by atoms with Gasteiger partial charge in [0.15, 0.2) is 0 Å². The monoisotopic (exact) mass is 338 g/mol. The summed E-state index contributed by atoms with van der Waals surface area (Å²) in [6, 6.07) is 7.96. The second kappa shape index (κ2) is 7.58. The summed E-state index contributed by atoms with van der Waals surface area (Å²) < 4.78 is 1.20. The zero-order valence-corrected chi connectivity index (χ0v) is 14.5. The highest BCUT2D eigenvalue weighted by Gasteiger charge is 2.18. The maximum absolute atomic E-state index is 3.66. The van der Waals surface area contributed by atoms with Crippen LogP contribution < -0.4 is 5.32 Å². The molecule has 0 aromatic heterocycles. The lowest BCUT2D eigenvalue weighted by Gasteiger charge is -2.33. The van der Waals surface area contributed by atoms with Gasteiger partial charge in [0.1, 0.15) is 0 Å². The summed E-state index contributed by atoms with van der Waals surface area (Å²) in [6.07, 6.45) is 4.04. The van der Waals surface area contributed by atoms with E-state index in [1.54, 1.807) is 0 Å². The Balaban J connectivity index is 1.99. The Morgan fingerprint density at radius 1 is 1.35 bits per heavy atom. The van der Waals surface area contributed by atoms with Crippen LogP contribution in [-0.4, -0.2) is 30.1 Å². The number of nitrogens with one attached hydrogen (secondary N) is 1. The van der Waals surface area contributed by atoms with Crippen LogP contribution >= 0.6 is 15.9 Å². The van der Waals surface area contributed by atoms with Crippen molar-refractivity contribution < 1.29 is 0 Å². The lowest BCUT2D eigenvalue weighted by molar-refractivity contribution is 0.177. The van der Waals surface area contributed by atoms with E-state index in [2.05, 4.69) is 65.1 Å². The SMILES string of the molecule is Cc1cc(CN(CC2CCCCN2)C(C)C)ccc1Br. The molecule has 1 heterocycles. The van der Waals surface area contributed by atoms with E-state index in [-0.39, 0.29) is 0 Å². The number of piperidine rings is 1. The Hall–Kier alpha value is -0.380. The van der Waals surface area contributed by atoms with Crippen molar-refractivity contribution >= 4 is 15.9 Å². The molecule has 1 N–H and O–H groups in total. The average Bonchev–Trinajstić information content (AvgIpc) is 2.43. The largest absolute Gasteiger partial charge is 0.313 e. The number of benzene rings is 1. The molecule has 112 valence electrons. The molecule has 0 radical (unpaired) electrons. The van der Waals surface area contributed by atoms with Gasteiger partial charge in [-0.3, -0.25) is 4.90 Å². The fraction of sp³-hybridized carbons (Fsp3) is 0.647. The quantitative estimate of drug-likeness (QED) is 0.868. The van der Waals surface area contributed by atoms with Gasteiger partial charge in [-0.2, -0.15) is 0 Å². The second-order valence-corrected chi connectivity index (χ2v) is 7.11. The van der Waals surface area contributed by atoms with Gasteiger partial charge in [0.2, 0.25) is 0 Å². The fourth-order valence-electron chi connectivity index (χ4n) is 2.86. The summed E-state index contributed by atoms with van der Waals surface area (Å²) in [6.45, 7) is 10.2. The van der Waals surface area contributed by atoms with E-state index in [1.807, 2.05) is 0 Å². The number of nitrogens with zero attached hydrogens (tertiary/aromatic N) is 1. The van der Waals surface area contributed by atoms with Gasteiger partial charge in [0.25, 0.3) is 0 Å². The van der Waals surface area contributed by atoms with Gasteiger partial charge in [-0.1, -0.05) is 34.5 Å². The van der Waals surface area contributed by atoms with Gasteiger partial charge in [-0.05, 0) is 57.4 Å². The van der Waals surface area contributed by atoms with Crippen molar-refractivity contribution in [1.29, 1.82) is 0 Å². The van der Waals surface area contributed by atoms with Gasteiger partial charge in [-0.15, -0.1) is 0 Å². The Kier molecular flexibility index (Phi) is 6.06. The topological polar surface area (TPSA) is 15.3 Å². The van der Waals surface area contributed by atoms with Crippen LogP contribution in [0.2, 0.25) is 0 Å². The molecule has 2 rings (SSSR count). The molecule has 0 amide bonds.